The van der Waals surface area contributed by atoms with Crippen LogP contribution in [0, 0.1) is 18.8 Å². The Kier molecular flexibility index (Phi) is 5.37. The van der Waals surface area contributed by atoms with Crippen LogP contribution >= 0.6 is 15.9 Å². The molecule has 104 valence electrons. The summed E-state index contributed by atoms with van der Waals surface area (Å²) in [6.45, 7) is 2.73. The Morgan fingerprint density at radius 1 is 1.37 bits per heavy atom. The predicted molar refractivity (Wildman–Crippen MR) is 80.5 cm³/mol. The molecule has 0 saturated heterocycles. The zero-order valence-electron chi connectivity index (χ0n) is 11.4. The van der Waals surface area contributed by atoms with E-state index in [0.29, 0.717) is 17.4 Å². The monoisotopic (exact) mass is 324 g/mol. The molecule has 1 saturated carbocycles. The van der Waals surface area contributed by atoms with Gasteiger partial charge in [-0.05, 0) is 43.2 Å². The Bertz CT molecular complexity index is 436. The van der Waals surface area contributed by atoms with Crippen molar-refractivity contribution >= 4 is 21.8 Å². The van der Waals surface area contributed by atoms with Crippen LogP contribution < -0.4 is 5.32 Å². The molecule has 1 aromatic rings. The lowest BCUT2D eigenvalue weighted by Crippen LogP contribution is -2.34. The molecule has 1 heterocycles. The van der Waals surface area contributed by atoms with Gasteiger partial charge < -0.3 is 5.32 Å². The fraction of sp³-hybridized carbons (Fsp3) is 0.600. The Morgan fingerprint density at radius 3 is 2.79 bits per heavy atom. The Balaban J connectivity index is 1.89. The van der Waals surface area contributed by atoms with Crippen LogP contribution in [0.4, 0.5) is 0 Å². The maximum absolute atomic E-state index is 12.1. The molecule has 0 radical (unpaired) electrons. The average Bonchev–Trinajstić information content (AvgIpc) is 2.45. The molecule has 19 heavy (non-hydrogen) atoms. The molecule has 2 rings (SSSR count). The van der Waals surface area contributed by atoms with Gasteiger partial charge in [-0.3, -0.25) is 9.78 Å². The highest BCUT2D eigenvalue weighted by atomic mass is 79.9. The summed E-state index contributed by atoms with van der Waals surface area (Å²) < 4.78 is 0. The number of hydrogen-bond donors (Lipinski definition) is 1. The van der Waals surface area contributed by atoms with Crippen molar-refractivity contribution in [2.75, 3.05) is 11.9 Å². The minimum atomic E-state index is -0.00454. The molecular weight excluding hydrogens is 304 g/mol. The van der Waals surface area contributed by atoms with Crippen molar-refractivity contribution in [3.63, 3.8) is 0 Å². The SMILES string of the molecule is Cc1cncc(C(=O)NCC2CCCCC2CBr)c1. The largest absolute Gasteiger partial charge is 0.352 e. The van der Waals surface area contributed by atoms with Crippen LogP contribution in [0.3, 0.4) is 0 Å². The molecule has 0 bridgehead atoms. The van der Waals surface area contributed by atoms with E-state index in [9.17, 15) is 4.79 Å². The molecule has 2 atom stereocenters. The van der Waals surface area contributed by atoms with Gasteiger partial charge in [-0.1, -0.05) is 28.8 Å². The van der Waals surface area contributed by atoms with E-state index in [1.54, 1.807) is 12.4 Å². The second kappa shape index (κ2) is 7.04. The maximum atomic E-state index is 12.1. The summed E-state index contributed by atoms with van der Waals surface area (Å²) >= 11 is 3.59. The zero-order chi connectivity index (χ0) is 13.7. The van der Waals surface area contributed by atoms with E-state index in [2.05, 4.69) is 26.2 Å². The topological polar surface area (TPSA) is 42.0 Å². The normalized spacial score (nSPS) is 23.1. The van der Waals surface area contributed by atoms with E-state index in [-0.39, 0.29) is 5.91 Å². The van der Waals surface area contributed by atoms with Crippen LogP contribution in [0.5, 0.6) is 0 Å². The summed E-state index contributed by atoms with van der Waals surface area (Å²) in [5.41, 5.74) is 1.68. The summed E-state index contributed by atoms with van der Waals surface area (Å²) in [5.74, 6) is 1.30. The van der Waals surface area contributed by atoms with Crippen molar-refractivity contribution in [2.24, 2.45) is 11.8 Å². The predicted octanol–water partition coefficient (Wildman–Crippen LogP) is 3.32. The highest BCUT2D eigenvalue weighted by Crippen LogP contribution is 2.30. The molecule has 4 heteroatoms. The number of halogens is 1. The van der Waals surface area contributed by atoms with Crippen molar-refractivity contribution in [2.45, 2.75) is 32.6 Å². The highest BCUT2D eigenvalue weighted by Gasteiger charge is 2.24. The molecule has 2 unspecified atom stereocenters. The van der Waals surface area contributed by atoms with E-state index in [1.807, 2.05) is 13.0 Å². The Morgan fingerprint density at radius 2 is 2.11 bits per heavy atom. The minimum absolute atomic E-state index is 0.00454. The first-order valence-corrected chi connectivity index (χ1v) is 8.08. The molecule has 1 aliphatic rings. The fourth-order valence-electron chi connectivity index (χ4n) is 2.76. The van der Waals surface area contributed by atoms with Crippen LogP contribution in [0.15, 0.2) is 18.5 Å². The van der Waals surface area contributed by atoms with Gasteiger partial charge in [-0.15, -0.1) is 0 Å². The summed E-state index contributed by atoms with van der Waals surface area (Å²) in [7, 11) is 0. The molecular formula is C15H21BrN2O. The molecule has 0 aliphatic heterocycles. The van der Waals surface area contributed by atoms with E-state index in [0.717, 1.165) is 17.4 Å². The number of aryl methyl sites for hydroxylation is 1. The second-order valence-electron chi connectivity index (χ2n) is 5.42. The first-order valence-electron chi connectivity index (χ1n) is 6.96. The fourth-order valence-corrected chi connectivity index (χ4v) is 3.61. The second-order valence-corrected chi connectivity index (χ2v) is 6.07. The molecule has 1 aromatic heterocycles. The van der Waals surface area contributed by atoms with E-state index >= 15 is 0 Å². The molecule has 1 aliphatic carbocycles. The number of carbonyl (C=O) groups is 1. The van der Waals surface area contributed by atoms with E-state index in [1.165, 1.54) is 25.7 Å². The van der Waals surface area contributed by atoms with Crippen LogP contribution in [0.1, 0.15) is 41.6 Å². The molecule has 0 aromatic carbocycles. The third kappa shape index (κ3) is 4.03. The minimum Gasteiger partial charge on any atom is -0.352 e. The van der Waals surface area contributed by atoms with E-state index in [4.69, 9.17) is 0 Å². The Labute approximate surface area is 123 Å². The van der Waals surface area contributed by atoms with Crippen LogP contribution in [0.2, 0.25) is 0 Å². The van der Waals surface area contributed by atoms with Crippen LogP contribution in [-0.4, -0.2) is 22.8 Å². The van der Waals surface area contributed by atoms with Gasteiger partial charge in [0.15, 0.2) is 0 Å². The quantitative estimate of drug-likeness (QED) is 0.863. The molecule has 1 fully saturated rings. The number of aromatic nitrogens is 1. The number of amides is 1. The Hall–Kier alpha value is -0.900. The summed E-state index contributed by atoms with van der Waals surface area (Å²) in [6.07, 6.45) is 8.50. The van der Waals surface area contributed by atoms with Crippen LogP contribution in [-0.2, 0) is 0 Å². The van der Waals surface area contributed by atoms with Crippen molar-refractivity contribution in [1.82, 2.24) is 10.3 Å². The van der Waals surface area contributed by atoms with Gasteiger partial charge in [0.1, 0.15) is 0 Å². The first kappa shape index (κ1) is 14.5. The molecule has 3 nitrogen and oxygen atoms in total. The van der Waals surface area contributed by atoms with Crippen LogP contribution in [0.25, 0.3) is 0 Å². The van der Waals surface area contributed by atoms with Gasteiger partial charge in [-0.25, -0.2) is 0 Å². The lowest BCUT2D eigenvalue weighted by Gasteiger charge is -2.30. The van der Waals surface area contributed by atoms with Crippen molar-refractivity contribution < 1.29 is 4.79 Å². The highest BCUT2D eigenvalue weighted by molar-refractivity contribution is 9.09. The summed E-state index contributed by atoms with van der Waals surface area (Å²) in [6, 6.07) is 1.88. The number of alkyl halides is 1. The third-order valence-electron chi connectivity index (χ3n) is 3.93. The molecule has 0 spiro atoms. The lowest BCUT2D eigenvalue weighted by atomic mass is 9.80. The standard InChI is InChI=1S/C15H21BrN2O/c1-11-6-14(9-17-8-11)15(19)18-10-13-5-3-2-4-12(13)7-16/h6,8-9,12-13H,2-5,7,10H2,1H3,(H,18,19). The summed E-state index contributed by atoms with van der Waals surface area (Å²) in [5, 5.41) is 4.10. The van der Waals surface area contributed by atoms with Crippen molar-refractivity contribution in [1.29, 1.82) is 0 Å². The zero-order valence-corrected chi connectivity index (χ0v) is 12.9. The van der Waals surface area contributed by atoms with Gasteiger partial charge >= 0.3 is 0 Å². The van der Waals surface area contributed by atoms with Crippen molar-refractivity contribution in [3.8, 4) is 0 Å². The third-order valence-corrected chi connectivity index (χ3v) is 4.76. The molecule has 1 N–H and O–H groups in total. The lowest BCUT2D eigenvalue weighted by molar-refractivity contribution is 0.0936. The maximum Gasteiger partial charge on any atom is 0.252 e. The first-order chi connectivity index (χ1) is 9.20. The smallest absolute Gasteiger partial charge is 0.252 e. The molecule has 1 amide bonds. The van der Waals surface area contributed by atoms with Gasteiger partial charge in [0.05, 0.1) is 5.56 Å². The number of hydrogen-bond acceptors (Lipinski definition) is 2. The number of nitrogens with one attached hydrogen (secondary N) is 1. The average molecular weight is 325 g/mol. The summed E-state index contributed by atoms with van der Waals surface area (Å²) in [4.78, 5) is 16.1. The number of rotatable bonds is 4. The van der Waals surface area contributed by atoms with Gasteiger partial charge in [0.2, 0.25) is 0 Å². The van der Waals surface area contributed by atoms with Gasteiger partial charge in [0.25, 0.3) is 5.91 Å². The number of carbonyl (C=O) groups excluding carboxylic acids is 1. The number of nitrogens with zero attached hydrogens (tertiary/aromatic N) is 1. The van der Waals surface area contributed by atoms with Crippen molar-refractivity contribution in [3.05, 3.63) is 29.6 Å². The van der Waals surface area contributed by atoms with E-state index < -0.39 is 0 Å². The van der Waals surface area contributed by atoms with Gasteiger partial charge in [-0.2, -0.15) is 0 Å². The number of pyridine rings is 1. The van der Waals surface area contributed by atoms with Gasteiger partial charge in [0, 0.05) is 24.3 Å².